The number of carbonyl (C=O) groups excluding carboxylic acids is 1. The van der Waals surface area contributed by atoms with Crippen LogP contribution in [0.25, 0.3) is 10.4 Å². The highest BCUT2D eigenvalue weighted by Crippen LogP contribution is 2.39. The van der Waals surface area contributed by atoms with Crippen molar-refractivity contribution in [3.05, 3.63) is 238 Å². The van der Waals surface area contributed by atoms with Crippen molar-refractivity contribution in [2.75, 3.05) is 13.2 Å². The van der Waals surface area contributed by atoms with Gasteiger partial charge in [0.05, 0.1) is 46.2 Å². The molecule has 380 valence electrons. The number of carbonyl (C=O) groups is 1. The first-order chi connectivity index (χ1) is 36.0. The zero-order valence-electron chi connectivity index (χ0n) is 40.9. The molecule has 14 heteroatoms. The molecule has 2 fully saturated rings. The Balaban J connectivity index is 1.24. The van der Waals surface area contributed by atoms with Gasteiger partial charge in [-0.1, -0.05) is 193 Å². The van der Waals surface area contributed by atoms with Crippen molar-refractivity contribution in [2.24, 2.45) is 5.11 Å². The van der Waals surface area contributed by atoms with Crippen molar-refractivity contribution in [3.8, 4) is 0 Å². The lowest BCUT2D eigenvalue weighted by Crippen LogP contribution is -2.69. The van der Waals surface area contributed by atoms with Gasteiger partial charge in [-0.2, -0.15) is 0 Å². The van der Waals surface area contributed by atoms with E-state index in [4.69, 9.17) is 47.4 Å². The first-order valence-corrected chi connectivity index (χ1v) is 24.6. The second-order valence-corrected chi connectivity index (χ2v) is 17.8. The fraction of sp³-hybridized carbons (Fsp3) is 0.339. The van der Waals surface area contributed by atoms with Gasteiger partial charge in [0.25, 0.3) is 0 Å². The molecule has 73 heavy (non-hydrogen) atoms. The van der Waals surface area contributed by atoms with Crippen molar-refractivity contribution in [1.29, 1.82) is 0 Å². The number of hydrogen-bond donors (Lipinski definition) is 0. The fourth-order valence-corrected chi connectivity index (χ4v) is 9.07. The smallest absolute Gasteiger partial charge is 0.302 e. The number of rotatable bonds is 26. The molecule has 1 saturated heterocycles. The minimum Gasteiger partial charge on any atom is -0.463 e. The van der Waals surface area contributed by atoms with Gasteiger partial charge >= 0.3 is 5.97 Å². The van der Waals surface area contributed by atoms with E-state index in [-0.39, 0.29) is 52.9 Å². The lowest BCUT2D eigenvalue weighted by molar-refractivity contribution is -0.340. The molecular formula is C59H63N3O11. The highest BCUT2D eigenvalue weighted by atomic mass is 16.7. The van der Waals surface area contributed by atoms with E-state index in [0.29, 0.717) is 0 Å². The second kappa shape index (κ2) is 28.1. The molecule has 11 atom stereocenters. The van der Waals surface area contributed by atoms with Gasteiger partial charge in [-0.15, -0.1) is 6.58 Å². The van der Waals surface area contributed by atoms with E-state index in [0.717, 1.165) is 33.4 Å². The second-order valence-electron chi connectivity index (χ2n) is 17.8. The van der Waals surface area contributed by atoms with Gasteiger partial charge in [0.1, 0.15) is 67.6 Å². The maximum Gasteiger partial charge on any atom is 0.302 e. The summed E-state index contributed by atoms with van der Waals surface area (Å²) in [6.45, 7) is 6.15. The molecule has 1 aliphatic carbocycles. The third-order valence-electron chi connectivity index (χ3n) is 12.6. The summed E-state index contributed by atoms with van der Waals surface area (Å²) in [4.78, 5) is 15.9. The minimum absolute atomic E-state index is 0.0840. The van der Waals surface area contributed by atoms with Gasteiger partial charge in [-0.25, -0.2) is 0 Å². The summed E-state index contributed by atoms with van der Waals surface area (Å²) in [5, 5.41) is 4.37. The van der Waals surface area contributed by atoms with E-state index in [2.05, 4.69) is 16.6 Å². The lowest BCUT2D eigenvalue weighted by Gasteiger charge is -2.52. The molecule has 0 spiro atoms. The van der Waals surface area contributed by atoms with Gasteiger partial charge in [-0.3, -0.25) is 4.79 Å². The number of azide groups is 1. The zero-order chi connectivity index (χ0) is 50.5. The maximum atomic E-state index is 12.6. The Hall–Kier alpha value is -6.52. The molecule has 1 aliphatic heterocycles. The number of esters is 1. The lowest BCUT2D eigenvalue weighted by atomic mass is 9.83. The number of nitrogens with zero attached hydrogens (tertiary/aromatic N) is 3. The first kappa shape index (κ1) is 52.8. The van der Waals surface area contributed by atoms with Crippen LogP contribution in [0.15, 0.2) is 200 Å². The van der Waals surface area contributed by atoms with Crippen molar-refractivity contribution >= 4 is 5.97 Å². The normalized spacial score (nSPS) is 24.8. The van der Waals surface area contributed by atoms with Gasteiger partial charge in [0.15, 0.2) is 6.29 Å². The monoisotopic (exact) mass is 989 g/mol. The maximum absolute atomic E-state index is 12.6. The van der Waals surface area contributed by atoms with E-state index in [1.54, 1.807) is 6.08 Å². The van der Waals surface area contributed by atoms with Crippen LogP contribution in [-0.4, -0.2) is 86.5 Å². The topological polar surface area (TPSA) is 158 Å². The molecular weight excluding hydrogens is 927 g/mol. The average Bonchev–Trinajstić information content (AvgIpc) is 3.43. The molecule has 2 aliphatic rings. The Morgan fingerprint density at radius 2 is 0.808 bits per heavy atom. The first-order valence-electron chi connectivity index (χ1n) is 24.6. The number of benzene rings is 6. The molecule has 6 aromatic rings. The Kier molecular flexibility index (Phi) is 20.3. The molecule has 0 amide bonds. The van der Waals surface area contributed by atoms with Crippen LogP contribution in [0.2, 0.25) is 0 Å². The molecule has 8 rings (SSSR count). The van der Waals surface area contributed by atoms with Crippen LogP contribution in [0.1, 0.15) is 40.3 Å². The van der Waals surface area contributed by atoms with Crippen LogP contribution in [-0.2, 0) is 91.8 Å². The largest absolute Gasteiger partial charge is 0.463 e. The summed E-state index contributed by atoms with van der Waals surface area (Å²) in [6, 6.07) is 57.4. The fourth-order valence-electron chi connectivity index (χ4n) is 9.07. The van der Waals surface area contributed by atoms with E-state index < -0.39 is 73.2 Å². The van der Waals surface area contributed by atoms with Gasteiger partial charge < -0.3 is 47.4 Å². The van der Waals surface area contributed by atoms with Crippen LogP contribution in [0.4, 0.5) is 0 Å². The number of hydrogen-bond acceptors (Lipinski definition) is 12. The highest BCUT2D eigenvalue weighted by molar-refractivity contribution is 5.65. The summed E-state index contributed by atoms with van der Waals surface area (Å²) in [5.74, 6) is -0.528. The SMILES string of the molecule is C=CCO[C@@H]1[C@H](OCc2ccccc2)[C@@H](OCc2ccccc2)[C@H](OCc2ccccc2)[C@@H](OCc2ccccc2)[C@H]1O[C@H]1O[C@H](COC(C)=O)[C@@H](OCc2ccccc2)[C@H](OCc2ccccc2)[C@H]1N=[N+]=[N-]. The van der Waals surface area contributed by atoms with Crippen LogP contribution in [0.5, 0.6) is 0 Å². The summed E-state index contributed by atoms with van der Waals surface area (Å²) in [6.07, 6.45) is -8.23. The van der Waals surface area contributed by atoms with Gasteiger partial charge in [0, 0.05) is 11.8 Å². The van der Waals surface area contributed by atoms with Crippen molar-refractivity contribution in [1.82, 2.24) is 0 Å². The average molecular weight is 990 g/mol. The standard InChI is InChI=1S/C59H63N3O11/c1-3-34-64-56-54(69-38-46-28-16-7-17-29-46)53(68-37-45-26-14-6-15-27-45)55(70-39-47-30-18-8-19-31-47)57(71-40-48-32-20-9-21-33-48)58(56)73-59-50(61-62-60)52(67-36-44-24-12-5-13-25-44)51(49(72-59)41-65-42(2)63)66-35-43-22-10-4-11-23-43/h3-33,49-59H,1,34-41H2,2H3/t49-,50-,51-,52-,53-,54-,55+,56-,57-,58+,59-/m1/s1. The quantitative estimate of drug-likeness (QED) is 0.0167. The molecule has 0 unspecified atom stereocenters. The van der Waals surface area contributed by atoms with Crippen molar-refractivity contribution in [3.63, 3.8) is 0 Å². The van der Waals surface area contributed by atoms with Gasteiger partial charge in [-0.05, 0) is 38.9 Å². The molecule has 0 radical (unpaired) electrons. The Morgan fingerprint density at radius 3 is 1.14 bits per heavy atom. The third-order valence-corrected chi connectivity index (χ3v) is 12.6. The van der Waals surface area contributed by atoms with Crippen LogP contribution >= 0.6 is 0 Å². The molecule has 0 N–H and O–H groups in total. The van der Waals surface area contributed by atoms with Crippen LogP contribution < -0.4 is 0 Å². The van der Waals surface area contributed by atoms with Crippen LogP contribution in [0.3, 0.4) is 0 Å². The Bertz CT molecular complexity index is 2580. The molecule has 6 aromatic carbocycles. The van der Waals surface area contributed by atoms with E-state index in [1.165, 1.54) is 6.92 Å². The summed E-state index contributed by atoms with van der Waals surface area (Å²) < 4.78 is 68.5. The Labute approximate surface area is 427 Å². The summed E-state index contributed by atoms with van der Waals surface area (Å²) in [5.41, 5.74) is 15.8. The van der Waals surface area contributed by atoms with Crippen molar-refractivity contribution in [2.45, 2.75) is 114 Å². The highest BCUT2D eigenvalue weighted by Gasteiger charge is 2.58. The summed E-state index contributed by atoms with van der Waals surface area (Å²) >= 11 is 0. The molecule has 0 aromatic heterocycles. The predicted octanol–water partition coefficient (Wildman–Crippen LogP) is 10.4. The third kappa shape index (κ3) is 15.3. The predicted molar refractivity (Wildman–Crippen MR) is 273 cm³/mol. The molecule has 1 heterocycles. The van der Waals surface area contributed by atoms with Crippen molar-refractivity contribution < 1.29 is 52.2 Å². The van der Waals surface area contributed by atoms with Gasteiger partial charge in [0.2, 0.25) is 0 Å². The minimum atomic E-state index is -1.37. The molecule has 14 nitrogen and oxygen atoms in total. The zero-order valence-corrected chi connectivity index (χ0v) is 40.9. The van der Waals surface area contributed by atoms with E-state index >= 15 is 0 Å². The Morgan fingerprint density at radius 1 is 0.493 bits per heavy atom. The van der Waals surface area contributed by atoms with E-state index in [9.17, 15) is 10.3 Å². The number of ether oxygens (including phenoxy) is 10. The molecule has 1 saturated carbocycles. The van der Waals surface area contributed by atoms with E-state index in [1.807, 2.05) is 182 Å². The molecule has 0 bridgehead atoms. The van der Waals surface area contributed by atoms with Crippen LogP contribution in [0, 0.1) is 0 Å². The summed E-state index contributed by atoms with van der Waals surface area (Å²) in [7, 11) is 0.